The summed E-state index contributed by atoms with van der Waals surface area (Å²) in [5.74, 6) is 1.58. The molecule has 9 heavy (non-hydrogen) atoms. The molecule has 2 fully saturated rings. The van der Waals surface area contributed by atoms with E-state index in [1.807, 2.05) is 0 Å². The molecular formula is C7H9BrO. The smallest absolute Gasteiger partial charge is 0.149 e. The Hall–Kier alpha value is 0.150. The molecule has 0 radical (unpaired) electrons. The van der Waals surface area contributed by atoms with Gasteiger partial charge in [0, 0.05) is 5.92 Å². The van der Waals surface area contributed by atoms with E-state index in [0.717, 1.165) is 12.8 Å². The van der Waals surface area contributed by atoms with Gasteiger partial charge in [0.2, 0.25) is 0 Å². The van der Waals surface area contributed by atoms with Crippen molar-refractivity contribution in [1.82, 2.24) is 0 Å². The summed E-state index contributed by atoms with van der Waals surface area (Å²) >= 11 is 3.41. The summed E-state index contributed by atoms with van der Waals surface area (Å²) < 4.78 is 0. The monoisotopic (exact) mass is 188 g/mol. The van der Waals surface area contributed by atoms with Crippen LogP contribution in [0.25, 0.3) is 0 Å². The van der Waals surface area contributed by atoms with Crippen LogP contribution in [-0.2, 0) is 4.79 Å². The largest absolute Gasteiger partial charge is 0.298 e. The molecule has 2 heteroatoms. The first-order chi connectivity index (χ1) is 4.29. The van der Waals surface area contributed by atoms with Crippen molar-refractivity contribution in [3.8, 4) is 0 Å². The van der Waals surface area contributed by atoms with E-state index in [-0.39, 0.29) is 4.83 Å². The highest BCUT2D eigenvalue weighted by atomic mass is 79.9. The van der Waals surface area contributed by atoms with Gasteiger partial charge >= 0.3 is 0 Å². The Morgan fingerprint density at radius 3 is 2.56 bits per heavy atom. The van der Waals surface area contributed by atoms with Crippen molar-refractivity contribution in [2.45, 2.75) is 24.1 Å². The Morgan fingerprint density at radius 1 is 1.44 bits per heavy atom. The van der Waals surface area contributed by atoms with Gasteiger partial charge in [-0.3, -0.25) is 4.79 Å². The van der Waals surface area contributed by atoms with E-state index in [4.69, 9.17) is 0 Å². The van der Waals surface area contributed by atoms with Crippen molar-refractivity contribution in [3.05, 3.63) is 0 Å². The fourth-order valence-electron chi connectivity index (χ4n) is 2.00. The van der Waals surface area contributed by atoms with Crippen molar-refractivity contribution >= 4 is 21.7 Å². The molecule has 0 heterocycles. The van der Waals surface area contributed by atoms with Gasteiger partial charge in [0.15, 0.2) is 0 Å². The normalized spacial score (nSPS) is 48.6. The van der Waals surface area contributed by atoms with Crippen molar-refractivity contribution in [1.29, 1.82) is 0 Å². The lowest BCUT2D eigenvalue weighted by atomic mass is 10.00. The summed E-state index contributed by atoms with van der Waals surface area (Å²) in [6.45, 7) is 0. The van der Waals surface area contributed by atoms with Gasteiger partial charge in [-0.05, 0) is 25.2 Å². The average Bonchev–Trinajstić information content (AvgIpc) is 2.37. The molecule has 3 atom stereocenters. The summed E-state index contributed by atoms with van der Waals surface area (Å²) in [4.78, 5) is 11.3. The summed E-state index contributed by atoms with van der Waals surface area (Å²) in [5.41, 5.74) is 0. The highest BCUT2D eigenvalue weighted by Crippen LogP contribution is 2.45. The van der Waals surface area contributed by atoms with E-state index in [0.29, 0.717) is 17.6 Å². The fourth-order valence-corrected chi connectivity index (χ4v) is 2.85. The van der Waals surface area contributed by atoms with E-state index in [1.54, 1.807) is 0 Å². The molecule has 0 spiro atoms. The predicted molar refractivity (Wildman–Crippen MR) is 38.6 cm³/mol. The third kappa shape index (κ3) is 0.689. The molecule has 0 aliphatic heterocycles. The van der Waals surface area contributed by atoms with Crippen LogP contribution in [0.5, 0.6) is 0 Å². The molecule has 0 aromatic rings. The van der Waals surface area contributed by atoms with Crippen molar-refractivity contribution in [2.24, 2.45) is 11.8 Å². The lowest BCUT2D eigenvalue weighted by Gasteiger charge is -2.12. The first-order valence-electron chi connectivity index (χ1n) is 3.47. The number of fused-ring (bicyclic) bond motifs is 2. The van der Waals surface area contributed by atoms with Crippen LogP contribution in [0.4, 0.5) is 0 Å². The molecule has 2 aliphatic rings. The van der Waals surface area contributed by atoms with Crippen LogP contribution in [0, 0.1) is 11.8 Å². The van der Waals surface area contributed by atoms with Gasteiger partial charge in [-0.25, -0.2) is 0 Å². The molecule has 2 bridgehead atoms. The van der Waals surface area contributed by atoms with Crippen LogP contribution >= 0.6 is 15.9 Å². The highest BCUT2D eigenvalue weighted by Gasteiger charge is 2.45. The Morgan fingerprint density at radius 2 is 2.22 bits per heavy atom. The zero-order valence-corrected chi connectivity index (χ0v) is 6.73. The molecule has 2 aliphatic carbocycles. The van der Waals surface area contributed by atoms with Crippen LogP contribution in [0.3, 0.4) is 0 Å². The Labute approximate surface area is 62.9 Å². The van der Waals surface area contributed by atoms with Gasteiger partial charge in [-0.1, -0.05) is 15.9 Å². The van der Waals surface area contributed by atoms with Crippen LogP contribution in [0.15, 0.2) is 0 Å². The summed E-state index contributed by atoms with van der Waals surface area (Å²) in [5, 5.41) is 0. The lowest BCUT2D eigenvalue weighted by Crippen LogP contribution is -2.21. The van der Waals surface area contributed by atoms with Crippen LogP contribution in [0.2, 0.25) is 0 Å². The average molecular weight is 189 g/mol. The van der Waals surface area contributed by atoms with E-state index in [9.17, 15) is 4.79 Å². The highest BCUT2D eigenvalue weighted by molar-refractivity contribution is 9.10. The number of rotatable bonds is 0. The van der Waals surface area contributed by atoms with Crippen molar-refractivity contribution < 1.29 is 4.79 Å². The van der Waals surface area contributed by atoms with Gasteiger partial charge in [0.1, 0.15) is 5.78 Å². The number of halogens is 1. The first kappa shape index (κ1) is 5.90. The molecule has 0 aromatic carbocycles. The zero-order valence-electron chi connectivity index (χ0n) is 5.14. The second-order valence-electron chi connectivity index (χ2n) is 3.07. The predicted octanol–water partition coefficient (Wildman–Crippen LogP) is 1.75. The van der Waals surface area contributed by atoms with E-state index in [2.05, 4.69) is 15.9 Å². The molecule has 0 unspecified atom stereocenters. The molecule has 0 saturated heterocycles. The summed E-state index contributed by atoms with van der Waals surface area (Å²) in [6, 6.07) is 0. The van der Waals surface area contributed by atoms with Gasteiger partial charge in [0.25, 0.3) is 0 Å². The van der Waals surface area contributed by atoms with Gasteiger partial charge in [-0.15, -0.1) is 0 Å². The second kappa shape index (κ2) is 1.82. The quantitative estimate of drug-likeness (QED) is 0.530. The molecular weight excluding hydrogens is 180 g/mol. The SMILES string of the molecule is O=C1[C@H]2CC[C@H](C2)[C@@H]1Br. The molecule has 2 rings (SSSR count). The maximum atomic E-state index is 11.1. The molecule has 2 saturated carbocycles. The molecule has 0 N–H and O–H groups in total. The topological polar surface area (TPSA) is 17.1 Å². The van der Waals surface area contributed by atoms with Gasteiger partial charge < -0.3 is 0 Å². The summed E-state index contributed by atoms with van der Waals surface area (Å²) in [6.07, 6.45) is 3.59. The third-order valence-electron chi connectivity index (χ3n) is 2.56. The van der Waals surface area contributed by atoms with E-state index >= 15 is 0 Å². The van der Waals surface area contributed by atoms with Crippen LogP contribution < -0.4 is 0 Å². The minimum absolute atomic E-state index is 0.219. The number of hydrogen-bond donors (Lipinski definition) is 0. The first-order valence-corrected chi connectivity index (χ1v) is 4.38. The summed E-state index contributed by atoms with van der Waals surface area (Å²) in [7, 11) is 0. The maximum Gasteiger partial charge on any atom is 0.149 e. The lowest BCUT2D eigenvalue weighted by molar-refractivity contribution is -0.121. The minimum atomic E-state index is 0.219. The zero-order chi connectivity index (χ0) is 6.43. The van der Waals surface area contributed by atoms with Gasteiger partial charge in [0.05, 0.1) is 4.83 Å². The number of alkyl halides is 1. The van der Waals surface area contributed by atoms with Crippen LogP contribution in [-0.4, -0.2) is 10.6 Å². The number of carbonyl (C=O) groups excluding carboxylic acids is 1. The van der Waals surface area contributed by atoms with Crippen LogP contribution in [0.1, 0.15) is 19.3 Å². The molecule has 0 amide bonds. The van der Waals surface area contributed by atoms with Crippen molar-refractivity contribution in [2.75, 3.05) is 0 Å². The van der Waals surface area contributed by atoms with E-state index < -0.39 is 0 Å². The number of hydrogen-bond acceptors (Lipinski definition) is 1. The van der Waals surface area contributed by atoms with Gasteiger partial charge in [-0.2, -0.15) is 0 Å². The third-order valence-corrected chi connectivity index (χ3v) is 3.76. The molecule has 50 valence electrons. The minimum Gasteiger partial charge on any atom is -0.298 e. The number of Topliss-reactive ketones (excluding diaryl/α,β-unsaturated/α-hetero) is 1. The Kier molecular flexibility index (Phi) is 1.19. The van der Waals surface area contributed by atoms with E-state index in [1.165, 1.54) is 6.42 Å². The number of carbonyl (C=O) groups is 1. The van der Waals surface area contributed by atoms with Crippen molar-refractivity contribution in [3.63, 3.8) is 0 Å². The maximum absolute atomic E-state index is 11.1. The fraction of sp³-hybridized carbons (Fsp3) is 0.857. The molecule has 0 aromatic heterocycles. The molecule has 1 nitrogen and oxygen atoms in total. The Balaban J connectivity index is 2.25. The standard InChI is InChI=1S/C7H9BrO/c8-6-4-1-2-5(3-4)7(6)9/h4-6H,1-3H2/t4-,5+,6+/m1/s1. The second-order valence-corrected chi connectivity index (χ2v) is 4.06. The number of ketones is 1. The Bertz CT molecular complexity index is 151.